The first-order chi connectivity index (χ1) is 17.0. The van der Waals surface area contributed by atoms with Gasteiger partial charge >= 0.3 is 0 Å². The zero-order valence-electron chi connectivity index (χ0n) is 20.9. The number of methoxy groups -OCH3 is 1. The molecule has 182 valence electrons. The maximum atomic E-state index is 5.70. The number of ether oxygens (including phenoxy) is 1. The highest BCUT2D eigenvalue weighted by atomic mass is 16.5. The zero-order valence-corrected chi connectivity index (χ0v) is 20.9. The Hall–Kier alpha value is -3.75. The van der Waals surface area contributed by atoms with Crippen LogP contribution in [0.4, 0.5) is 11.5 Å². The van der Waals surface area contributed by atoms with Crippen molar-refractivity contribution in [2.24, 2.45) is 0 Å². The van der Waals surface area contributed by atoms with Crippen LogP contribution in [0, 0.1) is 20.8 Å². The van der Waals surface area contributed by atoms with Gasteiger partial charge in [-0.15, -0.1) is 0 Å². The van der Waals surface area contributed by atoms with Crippen molar-refractivity contribution in [1.82, 2.24) is 25.8 Å². The van der Waals surface area contributed by atoms with E-state index in [0.29, 0.717) is 11.6 Å². The van der Waals surface area contributed by atoms with E-state index in [9.17, 15) is 0 Å². The van der Waals surface area contributed by atoms with Crippen molar-refractivity contribution in [3.63, 3.8) is 0 Å². The fraction of sp³-hybridized carbons (Fsp3) is 0.296. The molecule has 0 aliphatic heterocycles. The molecule has 0 aliphatic rings. The van der Waals surface area contributed by atoms with Crippen molar-refractivity contribution < 1.29 is 9.26 Å². The van der Waals surface area contributed by atoms with Crippen LogP contribution in [0.1, 0.15) is 22.6 Å². The number of hydrogen-bond acceptors (Lipinski definition) is 8. The molecular formula is C27H32N6O2. The number of para-hydroxylation sites is 1. The van der Waals surface area contributed by atoms with Gasteiger partial charge in [-0.05, 0) is 57.6 Å². The van der Waals surface area contributed by atoms with Crippen LogP contribution < -0.4 is 20.7 Å². The summed E-state index contributed by atoms with van der Waals surface area (Å²) >= 11 is 0. The van der Waals surface area contributed by atoms with E-state index in [1.165, 1.54) is 0 Å². The van der Waals surface area contributed by atoms with Gasteiger partial charge in [0.25, 0.3) is 0 Å². The average molecular weight is 473 g/mol. The monoisotopic (exact) mass is 472 g/mol. The number of aryl methyl sites for hydroxylation is 2. The normalized spacial score (nSPS) is 11.0. The van der Waals surface area contributed by atoms with Gasteiger partial charge < -0.3 is 25.2 Å². The molecule has 8 nitrogen and oxygen atoms in total. The Labute approximate surface area is 206 Å². The summed E-state index contributed by atoms with van der Waals surface area (Å²) in [6.07, 6.45) is 0. The predicted molar refractivity (Wildman–Crippen MR) is 139 cm³/mol. The largest absolute Gasteiger partial charge is 0.496 e. The summed E-state index contributed by atoms with van der Waals surface area (Å²) in [5, 5.41) is 14.2. The molecule has 0 atom stereocenters. The minimum absolute atomic E-state index is 0.568. The maximum Gasteiger partial charge on any atom is 0.165 e. The SMILES string of the molecule is CNCCNCc1ccc(OC)c(-c2nc(Nc3ccccc3)c(C)c(-c3c(C)noc3C)n2)c1. The molecule has 8 heteroatoms. The second kappa shape index (κ2) is 11.1. The molecule has 0 amide bonds. The molecule has 0 bridgehead atoms. The molecular weight excluding hydrogens is 440 g/mol. The standard InChI is InChI=1S/C27H32N6O2/c1-17-25(24-18(2)33-35-19(24)3)31-27(32-26(17)30-21-9-7-6-8-10-21)22-15-20(11-12-23(22)34-5)16-29-14-13-28-4/h6-12,15,28-29H,13-14,16H2,1-5H3,(H,30,31,32). The lowest BCUT2D eigenvalue weighted by molar-refractivity contribution is 0.393. The van der Waals surface area contributed by atoms with Gasteiger partial charge in [-0.25, -0.2) is 9.97 Å². The molecule has 0 unspecified atom stereocenters. The zero-order chi connectivity index (χ0) is 24.8. The van der Waals surface area contributed by atoms with Crippen molar-refractivity contribution in [2.45, 2.75) is 27.3 Å². The molecule has 0 fully saturated rings. The Balaban J connectivity index is 1.84. The predicted octanol–water partition coefficient (Wildman–Crippen LogP) is 4.79. The van der Waals surface area contributed by atoms with Crippen molar-refractivity contribution in [3.05, 3.63) is 71.1 Å². The molecule has 0 aliphatic carbocycles. The highest BCUT2D eigenvalue weighted by Crippen LogP contribution is 2.36. The summed E-state index contributed by atoms with van der Waals surface area (Å²) in [6, 6.07) is 16.1. The van der Waals surface area contributed by atoms with E-state index in [1.807, 2.05) is 64.2 Å². The number of aromatic nitrogens is 3. The van der Waals surface area contributed by atoms with Crippen LogP contribution in [0.25, 0.3) is 22.6 Å². The summed E-state index contributed by atoms with van der Waals surface area (Å²) in [5.74, 6) is 2.72. The Morgan fingerprint density at radius 1 is 0.971 bits per heavy atom. The first-order valence-corrected chi connectivity index (χ1v) is 11.7. The summed E-state index contributed by atoms with van der Waals surface area (Å²) in [4.78, 5) is 9.95. The van der Waals surface area contributed by atoms with Crippen LogP contribution in [-0.2, 0) is 6.54 Å². The van der Waals surface area contributed by atoms with E-state index in [4.69, 9.17) is 19.2 Å². The van der Waals surface area contributed by atoms with Crippen LogP contribution >= 0.6 is 0 Å². The van der Waals surface area contributed by atoms with Gasteiger partial charge in [0.05, 0.1) is 29.6 Å². The second-order valence-electron chi connectivity index (χ2n) is 8.37. The molecule has 0 saturated carbocycles. The Bertz CT molecular complexity index is 1270. The Morgan fingerprint density at radius 3 is 2.46 bits per heavy atom. The summed E-state index contributed by atoms with van der Waals surface area (Å²) < 4.78 is 11.2. The van der Waals surface area contributed by atoms with Crippen LogP contribution in [0.2, 0.25) is 0 Å². The van der Waals surface area contributed by atoms with Crippen molar-refractivity contribution in [3.8, 4) is 28.4 Å². The molecule has 4 aromatic rings. The topological polar surface area (TPSA) is 97.1 Å². The number of hydrogen-bond donors (Lipinski definition) is 3. The van der Waals surface area contributed by atoms with E-state index in [1.54, 1.807) is 7.11 Å². The van der Waals surface area contributed by atoms with Gasteiger partial charge in [0, 0.05) is 30.9 Å². The fourth-order valence-electron chi connectivity index (χ4n) is 3.97. The van der Waals surface area contributed by atoms with Crippen molar-refractivity contribution >= 4 is 11.5 Å². The van der Waals surface area contributed by atoms with Crippen molar-refractivity contribution in [1.29, 1.82) is 0 Å². The Kier molecular flexibility index (Phi) is 7.74. The van der Waals surface area contributed by atoms with E-state index in [2.05, 4.69) is 33.2 Å². The lowest BCUT2D eigenvalue weighted by atomic mass is 10.0. The maximum absolute atomic E-state index is 5.70. The third-order valence-corrected chi connectivity index (χ3v) is 5.84. The first-order valence-electron chi connectivity index (χ1n) is 11.7. The number of likely N-dealkylation sites (N-methyl/N-ethyl adjacent to an activating group) is 1. The molecule has 35 heavy (non-hydrogen) atoms. The van der Waals surface area contributed by atoms with Crippen LogP contribution in [0.15, 0.2) is 53.1 Å². The minimum Gasteiger partial charge on any atom is -0.496 e. The Morgan fingerprint density at radius 2 is 1.77 bits per heavy atom. The third-order valence-electron chi connectivity index (χ3n) is 5.84. The van der Waals surface area contributed by atoms with Gasteiger partial charge in [0.1, 0.15) is 17.3 Å². The van der Waals surface area contributed by atoms with Crippen LogP contribution in [-0.4, -0.2) is 42.4 Å². The minimum atomic E-state index is 0.568. The first kappa shape index (κ1) is 24.4. The number of rotatable bonds is 10. The molecule has 2 aromatic heterocycles. The fourth-order valence-corrected chi connectivity index (χ4v) is 3.97. The summed E-state index contributed by atoms with van der Waals surface area (Å²) in [5.41, 5.74) is 6.25. The number of anilines is 2. The van der Waals surface area contributed by atoms with Crippen LogP contribution in [0.5, 0.6) is 5.75 Å². The number of nitrogens with one attached hydrogen (secondary N) is 3. The van der Waals surface area contributed by atoms with Gasteiger partial charge in [0.2, 0.25) is 0 Å². The summed E-state index contributed by atoms with van der Waals surface area (Å²) in [6.45, 7) is 8.35. The van der Waals surface area contributed by atoms with Crippen LogP contribution in [0.3, 0.4) is 0 Å². The molecule has 0 saturated heterocycles. The number of nitrogens with zero attached hydrogens (tertiary/aromatic N) is 3. The molecule has 4 rings (SSSR count). The highest BCUT2D eigenvalue weighted by molar-refractivity contribution is 5.77. The second-order valence-corrected chi connectivity index (χ2v) is 8.37. The van der Waals surface area contributed by atoms with Gasteiger partial charge in [-0.3, -0.25) is 0 Å². The number of benzene rings is 2. The molecule has 3 N–H and O–H groups in total. The van der Waals surface area contributed by atoms with Gasteiger partial charge in [-0.1, -0.05) is 29.4 Å². The smallest absolute Gasteiger partial charge is 0.165 e. The lowest BCUT2D eigenvalue weighted by Crippen LogP contribution is -2.24. The van der Waals surface area contributed by atoms with E-state index >= 15 is 0 Å². The van der Waals surface area contributed by atoms with Gasteiger partial charge in [0.15, 0.2) is 5.82 Å². The molecule has 2 heterocycles. The van der Waals surface area contributed by atoms with E-state index < -0.39 is 0 Å². The van der Waals surface area contributed by atoms with Gasteiger partial charge in [-0.2, -0.15) is 0 Å². The van der Waals surface area contributed by atoms with E-state index in [0.717, 1.165) is 70.5 Å². The quantitative estimate of drug-likeness (QED) is 0.284. The lowest BCUT2D eigenvalue weighted by Gasteiger charge is -2.16. The molecule has 0 spiro atoms. The van der Waals surface area contributed by atoms with E-state index in [-0.39, 0.29) is 0 Å². The molecule has 0 radical (unpaired) electrons. The summed E-state index contributed by atoms with van der Waals surface area (Å²) in [7, 11) is 3.61. The third kappa shape index (κ3) is 5.50. The van der Waals surface area contributed by atoms with Crippen molar-refractivity contribution in [2.75, 3.05) is 32.6 Å². The molecule has 2 aromatic carbocycles. The average Bonchev–Trinajstić information content (AvgIpc) is 3.21. The highest BCUT2D eigenvalue weighted by Gasteiger charge is 2.21.